The van der Waals surface area contributed by atoms with Gasteiger partial charge in [0.05, 0.1) is 24.3 Å². The smallest absolute Gasteiger partial charge is 0.182 e. The molecular formula is C30H38N2O3. The van der Waals surface area contributed by atoms with Gasteiger partial charge in [-0.1, -0.05) is 50.8 Å². The van der Waals surface area contributed by atoms with Crippen molar-refractivity contribution in [1.82, 2.24) is 9.47 Å². The van der Waals surface area contributed by atoms with Crippen molar-refractivity contribution in [2.24, 2.45) is 0 Å². The van der Waals surface area contributed by atoms with Gasteiger partial charge < -0.3 is 9.30 Å². The van der Waals surface area contributed by atoms with Crippen molar-refractivity contribution in [3.05, 3.63) is 65.9 Å². The Morgan fingerprint density at radius 3 is 2.31 bits per heavy atom. The van der Waals surface area contributed by atoms with Gasteiger partial charge in [0.15, 0.2) is 11.6 Å². The summed E-state index contributed by atoms with van der Waals surface area (Å²) >= 11 is 0. The van der Waals surface area contributed by atoms with E-state index in [1.807, 2.05) is 68.6 Å². The zero-order valence-electron chi connectivity index (χ0n) is 21.4. The van der Waals surface area contributed by atoms with Crippen LogP contribution in [-0.2, 0) is 4.74 Å². The van der Waals surface area contributed by atoms with E-state index >= 15 is 0 Å². The highest BCUT2D eigenvalue weighted by atomic mass is 16.5. The van der Waals surface area contributed by atoms with Crippen molar-refractivity contribution in [2.45, 2.75) is 64.8 Å². The average Bonchev–Trinajstić information content (AvgIpc) is 3.28. The van der Waals surface area contributed by atoms with E-state index < -0.39 is 5.54 Å². The molecule has 2 heterocycles. The number of para-hydroxylation sites is 1. The Morgan fingerprint density at radius 2 is 1.60 bits per heavy atom. The number of carbonyl (C=O) groups excluding carboxylic acids is 2. The summed E-state index contributed by atoms with van der Waals surface area (Å²) in [5, 5.41) is 0.986. The maximum absolute atomic E-state index is 13.4. The van der Waals surface area contributed by atoms with Gasteiger partial charge in [-0.05, 0) is 50.6 Å². The maximum atomic E-state index is 13.4. The number of aromatic nitrogens is 1. The number of fused-ring (bicyclic) bond motifs is 1. The van der Waals surface area contributed by atoms with Gasteiger partial charge in [0.25, 0.3) is 0 Å². The zero-order chi connectivity index (χ0) is 24.8. The third-order valence-corrected chi connectivity index (χ3v) is 7.28. The molecule has 2 aromatic carbocycles. The summed E-state index contributed by atoms with van der Waals surface area (Å²) < 4.78 is 7.53. The molecule has 0 N–H and O–H groups in total. The first-order valence-corrected chi connectivity index (χ1v) is 13.0. The van der Waals surface area contributed by atoms with Crippen LogP contribution in [0.1, 0.15) is 80.0 Å². The fourth-order valence-corrected chi connectivity index (χ4v) is 5.03. The molecule has 35 heavy (non-hydrogen) atoms. The van der Waals surface area contributed by atoms with E-state index in [4.69, 9.17) is 4.74 Å². The third kappa shape index (κ3) is 5.57. The minimum Gasteiger partial charge on any atom is -0.379 e. The molecular weight excluding hydrogens is 436 g/mol. The van der Waals surface area contributed by atoms with Gasteiger partial charge in [-0.2, -0.15) is 0 Å². The Balaban J connectivity index is 1.54. The standard InChI is InChI=1S/C30H38N2O3/c1-4-5-6-7-8-13-28(33)26-22-32(27-12-10-9-11-25(26)27)24-16-14-23(15-17-24)29(34)30(2,3)31-18-20-35-21-19-31/h9-12,14-17,22H,4-8,13,18-21H2,1-3H3. The molecule has 5 heteroatoms. The topological polar surface area (TPSA) is 51.5 Å². The van der Waals surface area contributed by atoms with Crippen LogP contribution in [0.4, 0.5) is 0 Å². The number of Topliss-reactive ketones (excluding diaryl/α,β-unsaturated/α-hetero) is 2. The van der Waals surface area contributed by atoms with Crippen LogP contribution >= 0.6 is 0 Å². The second-order valence-electron chi connectivity index (χ2n) is 10.1. The van der Waals surface area contributed by atoms with Crippen LogP contribution in [0, 0.1) is 0 Å². The number of nitrogens with zero attached hydrogens (tertiary/aromatic N) is 2. The number of ketones is 2. The van der Waals surface area contributed by atoms with Gasteiger partial charge in [0.2, 0.25) is 0 Å². The molecule has 186 valence electrons. The summed E-state index contributed by atoms with van der Waals surface area (Å²) in [5.74, 6) is 0.317. The fourth-order valence-electron chi connectivity index (χ4n) is 5.03. The largest absolute Gasteiger partial charge is 0.379 e. The van der Waals surface area contributed by atoms with Gasteiger partial charge >= 0.3 is 0 Å². The Hall–Kier alpha value is -2.76. The highest BCUT2D eigenvalue weighted by Crippen LogP contribution is 2.28. The van der Waals surface area contributed by atoms with Gasteiger partial charge in [-0.3, -0.25) is 14.5 Å². The van der Waals surface area contributed by atoms with E-state index in [-0.39, 0.29) is 11.6 Å². The molecule has 5 nitrogen and oxygen atoms in total. The number of rotatable bonds is 11. The van der Waals surface area contributed by atoms with Gasteiger partial charge in [-0.15, -0.1) is 0 Å². The monoisotopic (exact) mass is 474 g/mol. The summed E-state index contributed by atoms with van der Waals surface area (Å²) in [5.41, 5.74) is 2.86. The minimum atomic E-state index is -0.581. The molecule has 4 rings (SSSR count). The Morgan fingerprint density at radius 1 is 0.914 bits per heavy atom. The van der Waals surface area contributed by atoms with Crippen molar-refractivity contribution in [3.8, 4) is 5.69 Å². The zero-order valence-corrected chi connectivity index (χ0v) is 21.4. The molecule has 1 fully saturated rings. The Kier molecular flexibility index (Phi) is 8.19. The summed E-state index contributed by atoms with van der Waals surface area (Å²) in [6.45, 7) is 9.05. The lowest BCUT2D eigenvalue weighted by Gasteiger charge is -2.39. The fraction of sp³-hybridized carbons (Fsp3) is 0.467. The first kappa shape index (κ1) is 25.3. The van der Waals surface area contributed by atoms with Crippen molar-refractivity contribution >= 4 is 22.5 Å². The van der Waals surface area contributed by atoms with Gasteiger partial charge in [0, 0.05) is 47.9 Å². The van der Waals surface area contributed by atoms with Gasteiger partial charge in [-0.25, -0.2) is 0 Å². The van der Waals surface area contributed by atoms with E-state index in [9.17, 15) is 9.59 Å². The van der Waals surface area contributed by atoms with Crippen molar-refractivity contribution in [3.63, 3.8) is 0 Å². The van der Waals surface area contributed by atoms with Crippen LogP contribution in [0.3, 0.4) is 0 Å². The van der Waals surface area contributed by atoms with Gasteiger partial charge in [0.1, 0.15) is 0 Å². The number of unbranched alkanes of at least 4 members (excludes halogenated alkanes) is 4. The molecule has 1 aromatic heterocycles. The lowest BCUT2D eigenvalue weighted by molar-refractivity contribution is -0.00429. The minimum absolute atomic E-state index is 0.113. The van der Waals surface area contributed by atoms with E-state index in [0.29, 0.717) is 25.2 Å². The Labute approximate surface area is 209 Å². The number of hydrogen-bond acceptors (Lipinski definition) is 4. The van der Waals surface area contributed by atoms with E-state index in [1.165, 1.54) is 19.3 Å². The summed E-state index contributed by atoms with van der Waals surface area (Å²) in [7, 11) is 0. The average molecular weight is 475 g/mol. The van der Waals surface area contributed by atoms with E-state index in [1.54, 1.807) is 0 Å². The summed E-state index contributed by atoms with van der Waals surface area (Å²) in [4.78, 5) is 28.6. The molecule has 1 saturated heterocycles. The van der Waals surface area contributed by atoms with E-state index in [0.717, 1.165) is 48.1 Å². The number of benzene rings is 2. The van der Waals surface area contributed by atoms with Crippen molar-refractivity contribution < 1.29 is 14.3 Å². The lowest BCUT2D eigenvalue weighted by atomic mass is 9.91. The van der Waals surface area contributed by atoms with Crippen LogP contribution in [-0.4, -0.2) is 52.9 Å². The van der Waals surface area contributed by atoms with E-state index in [2.05, 4.69) is 16.4 Å². The number of hydrogen-bond donors (Lipinski definition) is 0. The molecule has 0 aliphatic carbocycles. The normalized spacial score (nSPS) is 14.9. The molecule has 1 aliphatic heterocycles. The lowest BCUT2D eigenvalue weighted by Crippen LogP contribution is -2.54. The Bertz CT molecular complexity index is 1150. The molecule has 1 aliphatic rings. The first-order chi connectivity index (χ1) is 16.9. The highest BCUT2D eigenvalue weighted by molar-refractivity contribution is 6.08. The molecule has 0 unspecified atom stereocenters. The maximum Gasteiger partial charge on any atom is 0.182 e. The third-order valence-electron chi connectivity index (χ3n) is 7.28. The molecule has 0 atom stereocenters. The van der Waals surface area contributed by atoms with Crippen LogP contribution in [0.5, 0.6) is 0 Å². The van der Waals surface area contributed by atoms with Crippen molar-refractivity contribution in [1.29, 1.82) is 0 Å². The van der Waals surface area contributed by atoms with Crippen molar-refractivity contribution in [2.75, 3.05) is 26.3 Å². The first-order valence-electron chi connectivity index (χ1n) is 13.0. The quantitative estimate of drug-likeness (QED) is 0.236. The predicted molar refractivity (Wildman–Crippen MR) is 142 cm³/mol. The van der Waals surface area contributed by atoms with Crippen LogP contribution in [0.2, 0.25) is 0 Å². The van der Waals surface area contributed by atoms with Crippen LogP contribution in [0.25, 0.3) is 16.6 Å². The molecule has 0 bridgehead atoms. The summed E-state index contributed by atoms with van der Waals surface area (Å²) in [6, 6.07) is 15.8. The van der Waals surface area contributed by atoms with Crippen LogP contribution < -0.4 is 0 Å². The molecule has 3 aromatic rings. The SMILES string of the molecule is CCCCCCCC(=O)c1cn(-c2ccc(C(=O)C(C)(C)N3CCOCC3)cc2)c2ccccc12. The molecule has 0 radical (unpaired) electrons. The summed E-state index contributed by atoms with van der Waals surface area (Å²) in [6.07, 6.45) is 8.23. The predicted octanol–water partition coefficient (Wildman–Crippen LogP) is 6.47. The number of ether oxygens (including phenoxy) is 1. The second kappa shape index (κ2) is 11.3. The second-order valence-corrected chi connectivity index (χ2v) is 10.1. The van der Waals surface area contributed by atoms with Crippen LogP contribution in [0.15, 0.2) is 54.7 Å². The number of morpholine rings is 1. The molecule has 0 amide bonds. The molecule has 0 saturated carbocycles. The highest BCUT2D eigenvalue weighted by Gasteiger charge is 2.35. The molecule has 0 spiro atoms. The number of carbonyl (C=O) groups is 2.